The number of nitrogens with zero attached hydrogens (tertiary/aromatic N) is 2. The number of aromatic amines is 1. The Morgan fingerprint density at radius 1 is 0.880 bits per heavy atom. The molecule has 0 aliphatic carbocycles. The Labute approximate surface area is 143 Å². The van der Waals surface area contributed by atoms with Crippen molar-refractivity contribution >= 4 is 21.9 Å². The first kappa shape index (κ1) is 14.0. The second kappa shape index (κ2) is 5.31. The molecule has 4 heteroatoms. The van der Waals surface area contributed by atoms with Crippen molar-refractivity contribution in [1.29, 1.82) is 0 Å². The number of rotatable bonds is 2. The fourth-order valence-electron chi connectivity index (χ4n) is 3.31. The van der Waals surface area contributed by atoms with Crippen molar-refractivity contribution in [2.45, 2.75) is 0 Å². The van der Waals surface area contributed by atoms with E-state index in [4.69, 9.17) is 0 Å². The Morgan fingerprint density at radius 3 is 2.64 bits per heavy atom. The van der Waals surface area contributed by atoms with Gasteiger partial charge in [-0.1, -0.05) is 0 Å². The molecule has 3 aromatic heterocycles. The molecule has 0 unspecified atom stereocenters. The zero-order valence-corrected chi connectivity index (χ0v) is 13.3. The van der Waals surface area contributed by atoms with Gasteiger partial charge in [0.25, 0.3) is 0 Å². The summed E-state index contributed by atoms with van der Waals surface area (Å²) in [6.07, 6.45) is 3.73. The SMILES string of the molecule is Fc1ccc(-c2cc3cccnc3n2-c2ccc3[nH]ccc3c2)cc1. The van der Waals surface area contributed by atoms with Crippen LogP contribution >= 0.6 is 0 Å². The quantitative estimate of drug-likeness (QED) is 0.468. The Morgan fingerprint density at radius 2 is 1.76 bits per heavy atom. The van der Waals surface area contributed by atoms with Crippen molar-refractivity contribution in [3.8, 4) is 16.9 Å². The summed E-state index contributed by atoms with van der Waals surface area (Å²) in [5, 5.41) is 2.19. The lowest BCUT2D eigenvalue weighted by Crippen LogP contribution is -1.98. The van der Waals surface area contributed by atoms with Crippen molar-refractivity contribution in [2.75, 3.05) is 0 Å². The van der Waals surface area contributed by atoms with E-state index in [1.54, 1.807) is 18.3 Å². The number of halogens is 1. The molecule has 3 nitrogen and oxygen atoms in total. The fourth-order valence-corrected chi connectivity index (χ4v) is 3.31. The molecule has 0 aliphatic heterocycles. The molecule has 0 saturated carbocycles. The predicted octanol–water partition coefficient (Wildman–Crippen LogP) is 5.31. The van der Waals surface area contributed by atoms with Crippen LogP contribution in [0.2, 0.25) is 0 Å². The van der Waals surface area contributed by atoms with Crippen molar-refractivity contribution in [1.82, 2.24) is 14.5 Å². The van der Waals surface area contributed by atoms with Crippen LogP contribution in [0, 0.1) is 5.82 Å². The summed E-state index contributed by atoms with van der Waals surface area (Å²) in [7, 11) is 0. The van der Waals surface area contributed by atoms with Crippen LogP contribution in [0.5, 0.6) is 0 Å². The van der Waals surface area contributed by atoms with E-state index in [-0.39, 0.29) is 5.82 Å². The molecule has 25 heavy (non-hydrogen) atoms. The molecule has 0 aliphatic rings. The predicted molar refractivity (Wildman–Crippen MR) is 98.3 cm³/mol. The van der Waals surface area contributed by atoms with Gasteiger partial charge in [0.15, 0.2) is 0 Å². The Balaban J connectivity index is 1.83. The maximum atomic E-state index is 13.3. The number of H-pyrrole nitrogens is 1. The highest BCUT2D eigenvalue weighted by atomic mass is 19.1. The third-order valence-corrected chi connectivity index (χ3v) is 4.50. The monoisotopic (exact) mass is 327 g/mol. The van der Waals surface area contributed by atoms with Crippen molar-refractivity contribution in [3.05, 3.63) is 84.9 Å². The van der Waals surface area contributed by atoms with Gasteiger partial charge < -0.3 is 4.98 Å². The van der Waals surface area contributed by atoms with E-state index in [2.05, 4.69) is 44.9 Å². The second-order valence-corrected chi connectivity index (χ2v) is 6.04. The van der Waals surface area contributed by atoms with E-state index >= 15 is 0 Å². The zero-order valence-electron chi connectivity index (χ0n) is 13.3. The van der Waals surface area contributed by atoms with Crippen LogP contribution in [-0.4, -0.2) is 14.5 Å². The molecule has 5 aromatic rings. The second-order valence-electron chi connectivity index (χ2n) is 6.04. The largest absolute Gasteiger partial charge is 0.361 e. The highest BCUT2D eigenvalue weighted by Gasteiger charge is 2.14. The van der Waals surface area contributed by atoms with E-state index < -0.39 is 0 Å². The average Bonchev–Trinajstić information content (AvgIpc) is 3.26. The first-order valence-corrected chi connectivity index (χ1v) is 8.09. The van der Waals surface area contributed by atoms with Crippen LogP contribution in [0.15, 0.2) is 79.1 Å². The third-order valence-electron chi connectivity index (χ3n) is 4.50. The summed E-state index contributed by atoms with van der Waals surface area (Å²) in [5.74, 6) is -0.238. The molecular weight excluding hydrogens is 313 g/mol. The molecule has 0 amide bonds. The van der Waals surface area contributed by atoms with Gasteiger partial charge in [-0.2, -0.15) is 0 Å². The van der Waals surface area contributed by atoms with Crippen LogP contribution in [0.1, 0.15) is 0 Å². The van der Waals surface area contributed by atoms with Gasteiger partial charge >= 0.3 is 0 Å². The molecule has 1 N–H and O–H groups in total. The lowest BCUT2D eigenvalue weighted by molar-refractivity contribution is 0.628. The van der Waals surface area contributed by atoms with Gasteiger partial charge in [0.2, 0.25) is 0 Å². The molecule has 3 heterocycles. The smallest absolute Gasteiger partial charge is 0.144 e. The minimum absolute atomic E-state index is 0.238. The highest BCUT2D eigenvalue weighted by Crippen LogP contribution is 2.31. The number of pyridine rings is 1. The van der Waals surface area contributed by atoms with Gasteiger partial charge in [0, 0.05) is 34.4 Å². The molecule has 0 fully saturated rings. The van der Waals surface area contributed by atoms with Gasteiger partial charge in [0.1, 0.15) is 11.5 Å². The molecule has 0 radical (unpaired) electrons. The molecule has 120 valence electrons. The molecule has 0 bridgehead atoms. The summed E-state index contributed by atoms with van der Waals surface area (Å²) < 4.78 is 15.5. The number of benzene rings is 2. The Hall–Kier alpha value is -3.40. The summed E-state index contributed by atoms with van der Waals surface area (Å²) in [5.41, 5.74) is 4.95. The maximum Gasteiger partial charge on any atom is 0.144 e. The molecular formula is C21H14FN3. The van der Waals surface area contributed by atoms with Crippen molar-refractivity contribution in [3.63, 3.8) is 0 Å². The molecule has 5 rings (SSSR count). The normalized spacial score (nSPS) is 11.4. The molecule has 2 aromatic carbocycles. The summed E-state index contributed by atoms with van der Waals surface area (Å²) in [6, 6.07) is 21.0. The number of hydrogen-bond donors (Lipinski definition) is 1. The van der Waals surface area contributed by atoms with Crippen LogP contribution in [0.3, 0.4) is 0 Å². The van der Waals surface area contributed by atoms with E-state index in [1.807, 2.05) is 18.3 Å². The first-order chi connectivity index (χ1) is 12.3. The minimum Gasteiger partial charge on any atom is -0.361 e. The number of fused-ring (bicyclic) bond motifs is 2. The molecule has 0 atom stereocenters. The van der Waals surface area contributed by atoms with Gasteiger partial charge in [-0.15, -0.1) is 0 Å². The Kier molecular flexibility index (Phi) is 2.97. The number of hydrogen-bond acceptors (Lipinski definition) is 1. The zero-order chi connectivity index (χ0) is 16.8. The van der Waals surface area contributed by atoms with E-state index in [1.165, 1.54) is 12.1 Å². The van der Waals surface area contributed by atoms with Gasteiger partial charge in [-0.3, -0.25) is 4.57 Å². The van der Waals surface area contributed by atoms with Gasteiger partial charge in [-0.05, 0) is 72.3 Å². The van der Waals surface area contributed by atoms with Crippen LogP contribution in [0.4, 0.5) is 4.39 Å². The average molecular weight is 327 g/mol. The van der Waals surface area contributed by atoms with E-state index in [0.29, 0.717) is 0 Å². The minimum atomic E-state index is -0.238. The maximum absolute atomic E-state index is 13.3. The van der Waals surface area contributed by atoms with Crippen LogP contribution in [-0.2, 0) is 0 Å². The summed E-state index contributed by atoms with van der Waals surface area (Å²) >= 11 is 0. The van der Waals surface area contributed by atoms with Gasteiger partial charge in [-0.25, -0.2) is 9.37 Å². The molecule has 0 saturated heterocycles. The first-order valence-electron chi connectivity index (χ1n) is 8.09. The van der Waals surface area contributed by atoms with Crippen molar-refractivity contribution < 1.29 is 4.39 Å². The highest BCUT2D eigenvalue weighted by molar-refractivity contribution is 5.88. The van der Waals surface area contributed by atoms with E-state index in [0.717, 1.165) is 38.9 Å². The fraction of sp³-hybridized carbons (Fsp3) is 0. The summed E-state index contributed by atoms with van der Waals surface area (Å²) in [4.78, 5) is 7.79. The van der Waals surface area contributed by atoms with Gasteiger partial charge in [0.05, 0.1) is 5.69 Å². The van der Waals surface area contributed by atoms with E-state index in [9.17, 15) is 4.39 Å². The number of nitrogens with one attached hydrogen (secondary N) is 1. The van der Waals surface area contributed by atoms with Crippen molar-refractivity contribution in [2.24, 2.45) is 0 Å². The third kappa shape index (κ3) is 2.22. The Bertz CT molecular complexity index is 1200. The van der Waals surface area contributed by atoms with Crippen LogP contribution < -0.4 is 0 Å². The lowest BCUT2D eigenvalue weighted by Gasteiger charge is -2.11. The molecule has 0 spiro atoms. The lowest BCUT2D eigenvalue weighted by atomic mass is 10.1. The van der Waals surface area contributed by atoms with Crippen LogP contribution in [0.25, 0.3) is 38.9 Å². The topological polar surface area (TPSA) is 33.6 Å². The standard InChI is InChI=1S/C21H14FN3/c22-17-5-3-14(4-6-17)20-13-16-2-1-10-24-21(16)25(20)18-7-8-19-15(12-18)9-11-23-19/h1-13,23H. The summed E-state index contributed by atoms with van der Waals surface area (Å²) in [6.45, 7) is 0. The number of aromatic nitrogens is 3.